The molecule has 29 heavy (non-hydrogen) atoms. The number of nitrogens with zero attached hydrogens (tertiary/aromatic N) is 1. The number of sulfonamides is 1. The fourth-order valence-corrected chi connectivity index (χ4v) is 6.05. The van der Waals surface area contributed by atoms with Gasteiger partial charge in [0, 0.05) is 18.8 Å². The number of rotatable bonds is 6. The second-order valence-electron chi connectivity index (χ2n) is 6.54. The van der Waals surface area contributed by atoms with Crippen molar-refractivity contribution in [2.24, 2.45) is 5.92 Å². The molecule has 1 aliphatic rings. The van der Waals surface area contributed by atoms with Crippen LogP contribution in [0.2, 0.25) is 5.02 Å². The molecule has 3 rings (SSSR count). The number of hydrogen-bond acceptors (Lipinski definition) is 6. The SMILES string of the molecule is CCOC(=O)c1ccc(NC(=O)[C@H]2CCCN(S(=O)(=O)c3cccs3)C2)cc1Cl. The van der Waals surface area contributed by atoms with Gasteiger partial charge < -0.3 is 10.1 Å². The van der Waals surface area contributed by atoms with Crippen LogP contribution in [0.5, 0.6) is 0 Å². The number of carbonyl (C=O) groups is 2. The summed E-state index contributed by atoms with van der Waals surface area (Å²) in [5, 5.41) is 4.65. The van der Waals surface area contributed by atoms with Crippen molar-refractivity contribution < 1.29 is 22.7 Å². The number of carbonyl (C=O) groups excluding carboxylic acids is 2. The van der Waals surface area contributed by atoms with Gasteiger partial charge in [-0.05, 0) is 49.4 Å². The van der Waals surface area contributed by atoms with Crippen molar-refractivity contribution in [1.82, 2.24) is 4.31 Å². The Morgan fingerprint density at radius 2 is 2.14 bits per heavy atom. The molecule has 0 saturated carbocycles. The van der Waals surface area contributed by atoms with Gasteiger partial charge in [0.25, 0.3) is 10.0 Å². The highest BCUT2D eigenvalue weighted by Crippen LogP contribution is 2.28. The number of ether oxygens (including phenoxy) is 1. The van der Waals surface area contributed by atoms with E-state index < -0.39 is 21.9 Å². The molecular formula is C19H21ClN2O5S2. The van der Waals surface area contributed by atoms with Crippen molar-refractivity contribution in [2.45, 2.75) is 24.0 Å². The van der Waals surface area contributed by atoms with Crippen LogP contribution in [0.15, 0.2) is 39.9 Å². The molecule has 1 N–H and O–H groups in total. The highest BCUT2D eigenvalue weighted by atomic mass is 35.5. The molecular weight excluding hydrogens is 436 g/mol. The zero-order valence-electron chi connectivity index (χ0n) is 15.8. The van der Waals surface area contributed by atoms with E-state index in [0.29, 0.717) is 25.1 Å². The monoisotopic (exact) mass is 456 g/mol. The molecule has 0 bridgehead atoms. The molecule has 2 aromatic rings. The Balaban J connectivity index is 1.68. The number of thiophene rings is 1. The van der Waals surface area contributed by atoms with E-state index in [1.54, 1.807) is 30.5 Å². The summed E-state index contributed by atoms with van der Waals surface area (Å²) in [6.45, 7) is 2.46. The zero-order chi connectivity index (χ0) is 21.0. The Morgan fingerprint density at radius 1 is 1.34 bits per heavy atom. The van der Waals surface area contributed by atoms with Crippen molar-refractivity contribution in [3.05, 3.63) is 46.3 Å². The summed E-state index contributed by atoms with van der Waals surface area (Å²) in [5.74, 6) is -1.28. The second-order valence-corrected chi connectivity index (χ2v) is 10.1. The molecule has 1 aromatic heterocycles. The van der Waals surface area contributed by atoms with Gasteiger partial charge in [0.15, 0.2) is 0 Å². The third-order valence-electron chi connectivity index (χ3n) is 4.58. The van der Waals surface area contributed by atoms with E-state index >= 15 is 0 Å². The average molecular weight is 457 g/mol. The molecule has 1 fully saturated rings. The number of esters is 1. The molecule has 1 saturated heterocycles. The number of nitrogens with one attached hydrogen (secondary N) is 1. The number of amides is 1. The molecule has 156 valence electrons. The maximum Gasteiger partial charge on any atom is 0.339 e. The third kappa shape index (κ3) is 4.98. The topological polar surface area (TPSA) is 92.8 Å². The number of piperidine rings is 1. The van der Waals surface area contributed by atoms with Crippen molar-refractivity contribution >= 4 is 50.5 Å². The van der Waals surface area contributed by atoms with Crippen LogP contribution >= 0.6 is 22.9 Å². The minimum atomic E-state index is -3.59. The van der Waals surface area contributed by atoms with Crippen LogP contribution in [-0.2, 0) is 19.6 Å². The Bertz CT molecular complexity index is 992. The van der Waals surface area contributed by atoms with Crippen molar-refractivity contribution in [3.8, 4) is 0 Å². The molecule has 1 aromatic carbocycles. The summed E-state index contributed by atoms with van der Waals surface area (Å²) in [6.07, 6.45) is 1.20. The lowest BCUT2D eigenvalue weighted by atomic mass is 9.98. The Kier molecular flexibility index (Phi) is 6.94. The lowest BCUT2D eigenvalue weighted by molar-refractivity contribution is -0.120. The minimum Gasteiger partial charge on any atom is -0.462 e. The van der Waals surface area contributed by atoms with Gasteiger partial charge in [-0.15, -0.1) is 11.3 Å². The summed E-state index contributed by atoms with van der Waals surface area (Å²) >= 11 is 7.29. The van der Waals surface area contributed by atoms with Gasteiger partial charge in [0.05, 0.1) is 23.1 Å². The number of anilines is 1. The summed E-state index contributed by atoms with van der Waals surface area (Å²) in [4.78, 5) is 24.5. The van der Waals surface area contributed by atoms with E-state index in [4.69, 9.17) is 16.3 Å². The molecule has 0 spiro atoms. The van der Waals surface area contributed by atoms with Crippen LogP contribution in [0.1, 0.15) is 30.1 Å². The third-order valence-corrected chi connectivity index (χ3v) is 8.13. The van der Waals surface area contributed by atoms with Gasteiger partial charge >= 0.3 is 5.97 Å². The molecule has 1 aliphatic heterocycles. The first-order chi connectivity index (χ1) is 13.8. The standard InChI is InChI=1S/C19H21ClN2O5S2/c1-2-27-19(24)15-8-7-14(11-16(15)20)21-18(23)13-5-3-9-22(12-13)29(25,26)17-6-4-10-28-17/h4,6-8,10-11,13H,2-3,5,9,12H2,1H3,(H,21,23)/t13-/m0/s1. The average Bonchev–Trinajstić information content (AvgIpc) is 3.24. The summed E-state index contributed by atoms with van der Waals surface area (Å²) < 4.78 is 32.0. The number of benzene rings is 1. The summed E-state index contributed by atoms with van der Waals surface area (Å²) in [5.41, 5.74) is 0.656. The quantitative estimate of drug-likeness (QED) is 0.670. The first-order valence-corrected chi connectivity index (χ1v) is 11.8. The minimum absolute atomic E-state index is 0.126. The first kappa shape index (κ1) is 21.8. The number of halogens is 1. The van der Waals surface area contributed by atoms with Crippen molar-refractivity contribution in [3.63, 3.8) is 0 Å². The molecule has 1 atom stereocenters. The summed E-state index contributed by atoms with van der Waals surface area (Å²) in [7, 11) is -3.59. The first-order valence-electron chi connectivity index (χ1n) is 9.14. The lowest BCUT2D eigenvalue weighted by Gasteiger charge is -2.30. The molecule has 0 unspecified atom stereocenters. The maximum absolute atomic E-state index is 12.7. The van der Waals surface area contributed by atoms with E-state index in [9.17, 15) is 18.0 Å². The van der Waals surface area contributed by atoms with Gasteiger partial charge in [-0.3, -0.25) is 4.79 Å². The predicted octanol–water partition coefficient (Wildman–Crippen LogP) is 3.62. The fourth-order valence-electron chi connectivity index (χ4n) is 3.12. The van der Waals surface area contributed by atoms with Crippen LogP contribution in [0.3, 0.4) is 0 Å². The van der Waals surface area contributed by atoms with Crippen LogP contribution in [0.4, 0.5) is 5.69 Å². The van der Waals surface area contributed by atoms with E-state index in [-0.39, 0.29) is 33.9 Å². The Hall–Kier alpha value is -1.94. The van der Waals surface area contributed by atoms with Gasteiger partial charge in [-0.25, -0.2) is 13.2 Å². The predicted molar refractivity (Wildman–Crippen MR) is 112 cm³/mol. The van der Waals surface area contributed by atoms with Crippen LogP contribution in [0.25, 0.3) is 0 Å². The molecule has 10 heteroatoms. The highest BCUT2D eigenvalue weighted by molar-refractivity contribution is 7.91. The Morgan fingerprint density at radius 3 is 2.79 bits per heavy atom. The van der Waals surface area contributed by atoms with Gasteiger partial charge in [-0.1, -0.05) is 17.7 Å². The second kappa shape index (κ2) is 9.25. The normalized spacial score (nSPS) is 17.7. The molecule has 1 amide bonds. The highest BCUT2D eigenvalue weighted by Gasteiger charge is 2.33. The van der Waals surface area contributed by atoms with E-state index in [2.05, 4.69) is 5.32 Å². The molecule has 0 radical (unpaired) electrons. The fraction of sp³-hybridized carbons (Fsp3) is 0.368. The van der Waals surface area contributed by atoms with E-state index in [1.165, 1.54) is 16.4 Å². The summed E-state index contributed by atoms with van der Waals surface area (Å²) in [6, 6.07) is 7.80. The van der Waals surface area contributed by atoms with Crippen LogP contribution in [0, 0.1) is 5.92 Å². The zero-order valence-corrected chi connectivity index (χ0v) is 18.1. The van der Waals surface area contributed by atoms with Crippen LogP contribution < -0.4 is 5.32 Å². The van der Waals surface area contributed by atoms with Gasteiger partial charge in [-0.2, -0.15) is 4.31 Å². The van der Waals surface area contributed by atoms with Crippen molar-refractivity contribution in [1.29, 1.82) is 0 Å². The van der Waals surface area contributed by atoms with Crippen LogP contribution in [-0.4, -0.2) is 44.3 Å². The number of hydrogen-bond donors (Lipinski definition) is 1. The molecule has 0 aliphatic carbocycles. The lowest BCUT2D eigenvalue weighted by Crippen LogP contribution is -2.43. The van der Waals surface area contributed by atoms with Crippen molar-refractivity contribution in [2.75, 3.05) is 25.0 Å². The Labute approximate surface area is 178 Å². The molecule has 2 heterocycles. The van der Waals surface area contributed by atoms with E-state index in [0.717, 1.165) is 11.3 Å². The van der Waals surface area contributed by atoms with Gasteiger partial charge in [0.2, 0.25) is 5.91 Å². The van der Waals surface area contributed by atoms with Gasteiger partial charge in [0.1, 0.15) is 4.21 Å². The molecule has 7 nitrogen and oxygen atoms in total. The largest absolute Gasteiger partial charge is 0.462 e. The smallest absolute Gasteiger partial charge is 0.339 e. The van der Waals surface area contributed by atoms with E-state index in [1.807, 2.05) is 0 Å². The maximum atomic E-state index is 12.7.